The first-order valence-corrected chi connectivity index (χ1v) is 10.0. The van der Waals surface area contributed by atoms with Gasteiger partial charge in [-0.15, -0.1) is 0 Å². The Bertz CT molecular complexity index is 943. The molecule has 2 aromatic rings. The minimum Gasteiger partial charge on any atom is -0.479 e. The Balaban J connectivity index is 1.76. The van der Waals surface area contributed by atoms with Crippen molar-refractivity contribution in [2.45, 2.75) is 36.2 Å². The van der Waals surface area contributed by atoms with Gasteiger partial charge in [0.1, 0.15) is 5.82 Å². The van der Waals surface area contributed by atoms with Crippen molar-refractivity contribution in [3.8, 4) is 0 Å². The van der Waals surface area contributed by atoms with Crippen molar-refractivity contribution in [1.29, 1.82) is 0 Å². The van der Waals surface area contributed by atoms with Gasteiger partial charge in [0.15, 0.2) is 6.10 Å². The SMILES string of the molecule is O=C(O)C(O)c1ccc2c(c1)CCCC2CNS(=O)(=O)c1ccc(F)cc1. The number of carbonyl (C=O) groups is 1. The highest BCUT2D eigenvalue weighted by molar-refractivity contribution is 7.89. The molecule has 0 saturated carbocycles. The zero-order valence-corrected chi connectivity index (χ0v) is 15.2. The Morgan fingerprint density at radius 1 is 1.22 bits per heavy atom. The second-order valence-corrected chi connectivity index (χ2v) is 8.36. The number of hydrogen-bond acceptors (Lipinski definition) is 4. The number of carboxylic acid groups (broad SMARTS) is 1. The molecule has 0 radical (unpaired) electrons. The minimum atomic E-state index is -3.75. The van der Waals surface area contributed by atoms with E-state index in [-0.39, 0.29) is 17.4 Å². The highest BCUT2D eigenvalue weighted by atomic mass is 32.2. The number of halogens is 1. The van der Waals surface area contributed by atoms with Crippen LogP contribution in [0.1, 0.15) is 41.6 Å². The topological polar surface area (TPSA) is 104 Å². The van der Waals surface area contributed by atoms with Crippen molar-refractivity contribution in [3.63, 3.8) is 0 Å². The van der Waals surface area contributed by atoms with Gasteiger partial charge in [-0.05, 0) is 66.1 Å². The standard InChI is InChI=1S/C19H20FNO5S/c20-15-5-7-16(8-6-15)27(25,26)21-11-14-3-1-2-12-10-13(4-9-17(12)14)18(22)19(23)24/h4-10,14,18,21-22H,1-3,11H2,(H,23,24). The predicted octanol–water partition coefficient (Wildman–Crippen LogP) is 2.34. The third-order valence-corrected chi connectivity index (χ3v) is 6.24. The molecule has 0 heterocycles. The number of hydrogen-bond donors (Lipinski definition) is 3. The first kappa shape index (κ1) is 19.5. The zero-order chi connectivity index (χ0) is 19.6. The molecule has 1 aliphatic carbocycles. The fourth-order valence-electron chi connectivity index (χ4n) is 3.37. The number of sulfonamides is 1. The third-order valence-electron chi connectivity index (χ3n) is 4.80. The molecule has 0 aromatic heterocycles. The van der Waals surface area contributed by atoms with E-state index >= 15 is 0 Å². The van der Waals surface area contributed by atoms with Gasteiger partial charge in [0.2, 0.25) is 10.0 Å². The summed E-state index contributed by atoms with van der Waals surface area (Å²) in [7, 11) is -3.75. The van der Waals surface area contributed by atoms with Gasteiger partial charge < -0.3 is 10.2 Å². The number of benzene rings is 2. The predicted molar refractivity (Wildman–Crippen MR) is 96.3 cm³/mol. The Hall–Kier alpha value is -2.29. The van der Waals surface area contributed by atoms with Gasteiger partial charge in [0.05, 0.1) is 4.90 Å². The molecule has 27 heavy (non-hydrogen) atoms. The van der Waals surface area contributed by atoms with Crippen LogP contribution in [0.2, 0.25) is 0 Å². The smallest absolute Gasteiger partial charge is 0.337 e. The molecule has 1 aliphatic rings. The van der Waals surface area contributed by atoms with Gasteiger partial charge in [0.25, 0.3) is 0 Å². The van der Waals surface area contributed by atoms with Gasteiger partial charge in [-0.25, -0.2) is 22.3 Å². The summed E-state index contributed by atoms with van der Waals surface area (Å²) in [5, 5.41) is 18.6. The van der Waals surface area contributed by atoms with Crippen molar-refractivity contribution in [3.05, 3.63) is 65.0 Å². The van der Waals surface area contributed by atoms with Crippen LogP contribution in [0.5, 0.6) is 0 Å². The van der Waals surface area contributed by atoms with Gasteiger partial charge in [0, 0.05) is 6.54 Å². The second-order valence-electron chi connectivity index (χ2n) is 6.59. The lowest BCUT2D eigenvalue weighted by molar-refractivity contribution is -0.146. The molecular formula is C19H20FNO5S. The Labute approximate surface area is 156 Å². The van der Waals surface area contributed by atoms with Crippen LogP contribution in [0.4, 0.5) is 4.39 Å². The third kappa shape index (κ3) is 4.35. The van der Waals surface area contributed by atoms with Crippen LogP contribution >= 0.6 is 0 Å². The van der Waals surface area contributed by atoms with Crippen molar-refractivity contribution in [2.75, 3.05) is 6.54 Å². The summed E-state index contributed by atoms with van der Waals surface area (Å²) in [5.74, 6) is -1.87. The average molecular weight is 393 g/mol. The highest BCUT2D eigenvalue weighted by Crippen LogP contribution is 2.33. The normalized spacial score (nSPS) is 17.9. The lowest BCUT2D eigenvalue weighted by Gasteiger charge is -2.26. The van der Waals surface area contributed by atoms with E-state index < -0.39 is 27.9 Å². The molecule has 0 spiro atoms. The molecule has 0 fully saturated rings. The van der Waals surface area contributed by atoms with Crippen LogP contribution in [0, 0.1) is 5.82 Å². The minimum absolute atomic E-state index is 0.000128. The lowest BCUT2D eigenvalue weighted by atomic mass is 9.82. The van der Waals surface area contributed by atoms with Crippen molar-refractivity contribution in [1.82, 2.24) is 4.72 Å². The number of carboxylic acids is 1. The molecule has 0 aliphatic heterocycles. The molecule has 2 aromatic carbocycles. The summed E-state index contributed by atoms with van der Waals surface area (Å²) in [5.41, 5.74) is 2.18. The summed E-state index contributed by atoms with van der Waals surface area (Å²) in [6.07, 6.45) is 0.798. The van der Waals surface area contributed by atoms with Gasteiger partial charge in [-0.2, -0.15) is 0 Å². The molecule has 2 atom stereocenters. The number of aryl methyl sites for hydroxylation is 1. The van der Waals surface area contributed by atoms with E-state index in [1.165, 1.54) is 12.1 Å². The maximum absolute atomic E-state index is 13.0. The fourth-order valence-corrected chi connectivity index (χ4v) is 4.45. The number of aliphatic hydroxyl groups excluding tert-OH is 1. The second kappa shape index (κ2) is 7.75. The van der Waals surface area contributed by atoms with Crippen molar-refractivity contribution < 1.29 is 27.8 Å². The van der Waals surface area contributed by atoms with Crippen LogP contribution in [0.3, 0.4) is 0 Å². The summed E-state index contributed by atoms with van der Waals surface area (Å²) >= 11 is 0. The molecule has 0 bridgehead atoms. The van der Waals surface area contributed by atoms with E-state index in [1.807, 2.05) is 0 Å². The molecule has 6 nitrogen and oxygen atoms in total. The first-order valence-electron chi connectivity index (χ1n) is 8.57. The molecule has 0 saturated heterocycles. The number of fused-ring (bicyclic) bond motifs is 1. The monoisotopic (exact) mass is 393 g/mol. The van der Waals surface area contributed by atoms with Crippen LogP contribution in [-0.2, 0) is 21.2 Å². The van der Waals surface area contributed by atoms with Gasteiger partial charge in [-0.3, -0.25) is 0 Å². The molecule has 3 rings (SSSR count). The average Bonchev–Trinajstić information content (AvgIpc) is 2.65. The van der Waals surface area contributed by atoms with Gasteiger partial charge in [-0.1, -0.05) is 18.2 Å². The number of nitrogens with one attached hydrogen (secondary N) is 1. The summed E-state index contributed by atoms with van der Waals surface area (Å²) < 4.78 is 40.3. The fraction of sp³-hybridized carbons (Fsp3) is 0.316. The molecule has 144 valence electrons. The van der Waals surface area contributed by atoms with Crippen molar-refractivity contribution in [2.24, 2.45) is 0 Å². The maximum atomic E-state index is 13.0. The largest absolute Gasteiger partial charge is 0.479 e. The molecule has 3 N–H and O–H groups in total. The van der Waals surface area contributed by atoms with E-state index in [1.54, 1.807) is 18.2 Å². The molecule has 8 heteroatoms. The molecule has 2 unspecified atom stereocenters. The summed E-state index contributed by atoms with van der Waals surface area (Å²) in [6, 6.07) is 9.61. The molecular weight excluding hydrogens is 373 g/mol. The number of aliphatic hydroxyl groups is 1. The van der Waals surface area contributed by atoms with Gasteiger partial charge >= 0.3 is 5.97 Å². The van der Waals surface area contributed by atoms with Crippen LogP contribution < -0.4 is 4.72 Å². The lowest BCUT2D eigenvalue weighted by Crippen LogP contribution is -2.30. The summed E-state index contributed by atoms with van der Waals surface area (Å²) in [4.78, 5) is 11.0. The van der Waals surface area contributed by atoms with Crippen LogP contribution in [0.25, 0.3) is 0 Å². The first-order chi connectivity index (χ1) is 12.8. The van der Waals surface area contributed by atoms with E-state index in [9.17, 15) is 22.7 Å². The van der Waals surface area contributed by atoms with Crippen molar-refractivity contribution >= 4 is 16.0 Å². The number of aliphatic carboxylic acids is 1. The zero-order valence-electron chi connectivity index (χ0n) is 14.4. The van der Waals surface area contributed by atoms with Crippen LogP contribution in [0.15, 0.2) is 47.4 Å². The molecule has 0 amide bonds. The highest BCUT2D eigenvalue weighted by Gasteiger charge is 2.25. The van der Waals surface area contributed by atoms with Crippen LogP contribution in [-0.4, -0.2) is 31.1 Å². The van der Waals surface area contributed by atoms with E-state index in [0.29, 0.717) is 5.56 Å². The van der Waals surface area contributed by atoms with E-state index in [2.05, 4.69) is 4.72 Å². The quantitative estimate of drug-likeness (QED) is 0.699. The number of rotatable bonds is 6. The maximum Gasteiger partial charge on any atom is 0.337 e. The Morgan fingerprint density at radius 2 is 1.93 bits per heavy atom. The Kier molecular flexibility index (Phi) is 5.59. The summed E-state index contributed by atoms with van der Waals surface area (Å²) in [6.45, 7) is 0.188. The van der Waals surface area contributed by atoms with E-state index in [0.717, 1.165) is 42.5 Å². The Morgan fingerprint density at radius 3 is 2.59 bits per heavy atom. The van der Waals surface area contributed by atoms with E-state index in [4.69, 9.17) is 5.11 Å².